The van der Waals surface area contributed by atoms with Gasteiger partial charge in [-0.15, -0.1) is 0 Å². The van der Waals surface area contributed by atoms with E-state index in [-0.39, 0.29) is 16.6 Å². The maximum absolute atomic E-state index is 12.3. The third-order valence-corrected chi connectivity index (χ3v) is 8.85. The second kappa shape index (κ2) is 5.03. The van der Waals surface area contributed by atoms with Gasteiger partial charge in [0.05, 0.1) is 5.54 Å². The van der Waals surface area contributed by atoms with Crippen molar-refractivity contribution in [1.29, 1.82) is 0 Å². The van der Waals surface area contributed by atoms with Gasteiger partial charge in [0, 0.05) is 6.42 Å². The summed E-state index contributed by atoms with van der Waals surface area (Å²) in [6.07, 6.45) is 10.1. The number of allylic oxidation sites excluding steroid dienone is 1. The third kappa shape index (κ3) is 1.88. The molecule has 0 amide bonds. The van der Waals surface area contributed by atoms with Crippen molar-refractivity contribution in [2.45, 2.75) is 77.7 Å². The first-order valence-electron chi connectivity index (χ1n) is 9.76. The Morgan fingerprint density at radius 3 is 2.50 bits per heavy atom. The molecule has 0 aromatic rings. The summed E-state index contributed by atoms with van der Waals surface area (Å²) < 4.78 is 0. The minimum atomic E-state index is -0.623. The summed E-state index contributed by atoms with van der Waals surface area (Å²) in [5.41, 5.74) is 7.64. The van der Waals surface area contributed by atoms with Crippen molar-refractivity contribution in [2.24, 2.45) is 34.3 Å². The van der Waals surface area contributed by atoms with Crippen molar-refractivity contribution in [3.63, 3.8) is 0 Å². The van der Waals surface area contributed by atoms with Crippen molar-refractivity contribution >= 4 is 11.6 Å². The van der Waals surface area contributed by atoms with Gasteiger partial charge in [-0.1, -0.05) is 19.4 Å². The number of hydrogen-bond acceptors (Lipinski definition) is 3. The second-order valence-electron chi connectivity index (χ2n) is 9.49. The van der Waals surface area contributed by atoms with Crippen molar-refractivity contribution < 1.29 is 9.59 Å². The van der Waals surface area contributed by atoms with Crippen LogP contribution in [0.5, 0.6) is 0 Å². The largest absolute Gasteiger partial charge is 0.319 e. The van der Waals surface area contributed by atoms with Gasteiger partial charge >= 0.3 is 0 Å². The van der Waals surface area contributed by atoms with E-state index < -0.39 is 5.54 Å². The van der Waals surface area contributed by atoms with Gasteiger partial charge in [-0.05, 0) is 86.5 Å². The molecule has 4 aliphatic rings. The van der Waals surface area contributed by atoms with E-state index in [1.165, 1.54) is 12.0 Å². The van der Waals surface area contributed by atoms with Gasteiger partial charge < -0.3 is 5.73 Å². The van der Waals surface area contributed by atoms with Crippen LogP contribution >= 0.6 is 0 Å². The van der Waals surface area contributed by atoms with E-state index in [1.54, 1.807) is 6.92 Å². The number of rotatable bonds is 1. The van der Waals surface area contributed by atoms with Crippen LogP contribution in [0.15, 0.2) is 11.6 Å². The minimum Gasteiger partial charge on any atom is -0.319 e. The smallest absolute Gasteiger partial charge is 0.155 e. The highest BCUT2D eigenvalue weighted by Crippen LogP contribution is 2.67. The summed E-state index contributed by atoms with van der Waals surface area (Å²) in [7, 11) is 0. The van der Waals surface area contributed by atoms with E-state index in [1.807, 2.05) is 6.08 Å². The van der Waals surface area contributed by atoms with Crippen molar-refractivity contribution in [2.75, 3.05) is 0 Å². The molecule has 4 aliphatic carbocycles. The third-order valence-electron chi connectivity index (χ3n) is 8.85. The summed E-state index contributed by atoms with van der Waals surface area (Å²) in [6.45, 7) is 6.39. The lowest BCUT2D eigenvalue weighted by Gasteiger charge is -2.59. The molecule has 24 heavy (non-hydrogen) atoms. The molecule has 0 aliphatic heterocycles. The quantitative estimate of drug-likeness (QED) is 0.796. The molecule has 0 aromatic heterocycles. The average Bonchev–Trinajstić information content (AvgIpc) is 2.81. The zero-order valence-corrected chi connectivity index (χ0v) is 15.4. The van der Waals surface area contributed by atoms with Gasteiger partial charge in [-0.2, -0.15) is 0 Å². The zero-order chi connectivity index (χ0) is 17.3. The van der Waals surface area contributed by atoms with Crippen LogP contribution in [0.2, 0.25) is 0 Å². The van der Waals surface area contributed by atoms with Gasteiger partial charge in [-0.3, -0.25) is 9.59 Å². The number of hydrogen-bond donors (Lipinski definition) is 1. The standard InChI is InChI=1S/C21H31NO2/c1-13(23)21(22)11-8-18-16-5-4-14-12-15(24)6-9-19(14,2)17(16)7-10-20(18,21)3/h12,16-18H,4-11,22H2,1-3H3/t16-,17+,18+,19+,20+,21+/m1/s1. The van der Waals surface area contributed by atoms with E-state index in [2.05, 4.69) is 13.8 Å². The Morgan fingerprint density at radius 1 is 1.08 bits per heavy atom. The van der Waals surface area contributed by atoms with Crippen LogP contribution in [-0.2, 0) is 9.59 Å². The number of carbonyl (C=O) groups is 2. The van der Waals surface area contributed by atoms with Crippen LogP contribution < -0.4 is 5.73 Å². The molecule has 0 spiro atoms. The van der Waals surface area contributed by atoms with Crippen LogP contribution in [0.3, 0.4) is 0 Å². The number of ketones is 2. The Balaban J connectivity index is 1.70. The number of nitrogens with two attached hydrogens (primary N) is 1. The van der Waals surface area contributed by atoms with Gasteiger partial charge in [0.25, 0.3) is 0 Å². The molecule has 0 bridgehead atoms. The molecule has 3 heteroatoms. The highest BCUT2D eigenvalue weighted by atomic mass is 16.1. The minimum absolute atomic E-state index is 0.0396. The normalized spacial score (nSPS) is 50.6. The lowest BCUT2D eigenvalue weighted by Crippen LogP contribution is -2.61. The number of fused-ring (bicyclic) bond motifs is 5. The monoisotopic (exact) mass is 329 g/mol. The van der Waals surface area contributed by atoms with E-state index in [0.29, 0.717) is 30.0 Å². The maximum Gasteiger partial charge on any atom is 0.155 e. The summed E-state index contributed by atoms with van der Waals surface area (Å²) in [4.78, 5) is 24.2. The van der Waals surface area contributed by atoms with Gasteiger partial charge in [0.2, 0.25) is 0 Å². The van der Waals surface area contributed by atoms with Crippen LogP contribution in [0.4, 0.5) is 0 Å². The molecule has 0 saturated heterocycles. The van der Waals surface area contributed by atoms with E-state index in [0.717, 1.165) is 38.5 Å². The van der Waals surface area contributed by atoms with Gasteiger partial charge in [-0.25, -0.2) is 0 Å². The Morgan fingerprint density at radius 2 is 1.79 bits per heavy atom. The van der Waals surface area contributed by atoms with Gasteiger partial charge in [0.15, 0.2) is 5.78 Å². The molecule has 0 aromatic carbocycles. The molecular formula is C21H31NO2. The van der Waals surface area contributed by atoms with E-state index in [4.69, 9.17) is 5.73 Å². The number of Topliss-reactive ketones (excluding diaryl/α,β-unsaturated/α-hetero) is 1. The van der Waals surface area contributed by atoms with Crippen molar-refractivity contribution in [1.82, 2.24) is 0 Å². The van der Waals surface area contributed by atoms with Crippen LogP contribution in [-0.4, -0.2) is 17.1 Å². The van der Waals surface area contributed by atoms with Crippen LogP contribution in [0, 0.1) is 28.6 Å². The SMILES string of the molecule is CC(=O)[C@@]1(N)CC[C@H]2[C@@H]3CCC4=CC(=O)CC[C@]4(C)[C@H]3CC[C@@]21C. The Kier molecular flexibility index (Phi) is 3.46. The summed E-state index contributed by atoms with van der Waals surface area (Å²) in [6, 6.07) is 0. The molecule has 3 nitrogen and oxygen atoms in total. The van der Waals surface area contributed by atoms with E-state index in [9.17, 15) is 9.59 Å². The molecule has 0 unspecified atom stereocenters. The molecule has 132 valence electrons. The lowest BCUT2D eigenvalue weighted by atomic mass is 9.46. The Bertz CT molecular complexity index is 638. The summed E-state index contributed by atoms with van der Waals surface area (Å²) >= 11 is 0. The average molecular weight is 329 g/mol. The molecule has 3 saturated carbocycles. The molecule has 4 rings (SSSR count). The highest BCUT2D eigenvalue weighted by molar-refractivity contribution is 5.91. The first kappa shape index (κ1) is 16.5. The molecule has 6 atom stereocenters. The summed E-state index contributed by atoms with van der Waals surface area (Å²) in [5, 5.41) is 0. The van der Waals surface area contributed by atoms with Crippen LogP contribution in [0.25, 0.3) is 0 Å². The maximum atomic E-state index is 12.3. The fourth-order valence-corrected chi connectivity index (χ4v) is 7.21. The fourth-order valence-electron chi connectivity index (χ4n) is 7.21. The number of carbonyl (C=O) groups excluding carboxylic acids is 2. The molecule has 2 N–H and O–H groups in total. The predicted octanol–water partition coefficient (Wildman–Crippen LogP) is 3.80. The van der Waals surface area contributed by atoms with Crippen molar-refractivity contribution in [3.05, 3.63) is 11.6 Å². The molecule has 0 heterocycles. The zero-order valence-electron chi connectivity index (χ0n) is 15.4. The summed E-state index contributed by atoms with van der Waals surface area (Å²) in [5.74, 6) is 2.40. The first-order valence-corrected chi connectivity index (χ1v) is 9.76. The van der Waals surface area contributed by atoms with Gasteiger partial charge in [0.1, 0.15) is 5.78 Å². The highest BCUT2D eigenvalue weighted by Gasteiger charge is 2.64. The Hall–Kier alpha value is -0.960. The Labute approximate surface area is 145 Å². The van der Waals surface area contributed by atoms with E-state index >= 15 is 0 Å². The molecule has 3 fully saturated rings. The molecular weight excluding hydrogens is 298 g/mol. The second-order valence-corrected chi connectivity index (χ2v) is 9.49. The predicted molar refractivity (Wildman–Crippen MR) is 94.3 cm³/mol. The fraction of sp³-hybridized carbons (Fsp3) is 0.810. The van der Waals surface area contributed by atoms with Crippen LogP contribution in [0.1, 0.15) is 72.1 Å². The van der Waals surface area contributed by atoms with Crippen molar-refractivity contribution in [3.8, 4) is 0 Å². The topological polar surface area (TPSA) is 60.2 Å². The lowest BCUT2D eigenvalue weighted by molar-refractivity contribution is -0.131. The first-order chi connectivity index (χ1) is 11.2. The molecule has 0 radical (unpaired) electrons.